The summed E-state index contributed by atoms with van der Waals surface area (Å²) in [5.74, 6) is 0.157. The molecule has 0 unspecified atom stereocenters. The van der Waals surface area contributed by atoms with E-state index in [2.05, 4.69) is 29.2 Å². The smallest absolute Gasteiger partial charge is 0.227 e. The van der Waals surface area contributed by atoms with Gasteiger partial charge in [-0.2, -0.15) is 0 Å². The van der Waals surface area contributed by atoms with E-state index in [-0.39, 0.29) is 11.9 Å². The molecule has 0 spiro atoms. The maximum absolute atomic E-state index is 12.5. The van der Waals surface area contributed by atoms with Crippen LogP contribution < -0.4 is 0 Å². The minimum Gasteiger partial charge on any atom is -0.338 e. The molecule has 0 radical (unpaired) electrons. The van der Waals surface area contributed by atoms with Gasteiger partial charge in [-0.05, 0) is 42.0 Å². The van der Waals surface area contributed by atoms with Crippen molar-refractivity contribution in [2.75, 3.05) is 7.05 Å². The number of benzene rings is 1. The molecule has 108 valence electrons. The Morgan fingerprint density at radius 3 is 2.95 bits per heavy atom. The molecular weight excluding hydrogens is 260 g/mol. The van der Waals surface area contributed by atoms with E-state index in [9.17, 15) is 4.79 Å². The second-order valence-corrected chi connectivity index (χ2v) is 5.65. The number of likely N-dealkylation sites (N-methyl/N-ethyl adjacent to an activating group) is 1. The van der Waals surface area contributed by atoms with Crippen LogP contribution in [0.15, 0.2) is 48.8 Å². The van der Waals surface area contributed by atoms with Gasteiger partial charge in [-0.1, -0.05) is 30.3 Å². The average Bonchev–Trinajstić information content (AvgIpc) is 2.54. The van der Waals surface area contributed by atoms with Crippen molar-refractivity contribution in [1.82, 2.24) is 9.88 Å². The summed E-state index contributed by atoms with van der Waals surface area (Å²) >= 11 is 0. The molecule has 2 aromatic rings. The van der Waals surface area contributed by atoms with E-state index in [0.29, 0.717) is 6.42 Å². The van der Waals surface area contributed by atoms with Gasteiger partial charge in [-0.3, -0.25) is 9.78 Å². The Balaban J connectivity index is 1.76. The van der Waals surface area contributed by atoms with Gasteiger partial charge in [0.25, 0.3) is 0 Å². The van der Waals surface area contributed by atoms with E-state index < -0.39 is 0 Å². The first kappa shape index (κ1) is 13.8. The summed E-state index contributed by atoms with van der Waals surface area (Å²) in [7, 11) is 1.92. The zero-order chi connectivity index (χ0) is 14.7. The van der Waals surface area contributed by atoms with Crippen LogP contribution in [0.25, 0.3) is 0 Å². The molecule has 0 bridgehead atoms. The lowest BCUT2D eigenvalue weighted by atomic mass is 9.87. The molecule has 1 atom stereocenters. The van der Waals surface area contributed by atoms with Crippen molar-refractivity contribution in [2.24, 2.45) is 0 Å². The Morgan fingerprint density at radius 2 is 2.14 bits per heavy atom. The van der Waals surface area contributed by atoms with Gasteiger partial charge in [0.15, 0.2) is 0 Å². The van der Waals surface area contributed by atoms with Crippen LogP contribution in [-0.4, -0.2) is 22.8 Å². The molecule has 1 aromatic heterocycles. The molecule has 1 aliphatic rings. The van der Waals surface area contributed by atoms with Gasteiger partial charge in [0.1, 0.15) is 0 Å². The SMILES string of the molecule is CN(C(=O)Cc1cccnc1)[C@H]1CCCc2ccccc21. The first-order valence-corrected chi connectivity index (χ1v) is 7.48. The first-order valence-electron chi connectivity index (χ1n) is 7.48. The summed E-state index contributed by atoms with van der Waals surface area (Å²) in [5.41, 5.74) is 3.67. The Labute approximate surface area is 125 Å². The van der Waals surface area contributed by atoms with Gasteiger partial charge in [0.2, 0.25) is 5.91 Å². The van der Waals surface area contributed by atoms with Crippen LogP contribution in [0.3, 0.4) is 0 Å². The minimum absolute atomic E-state index is 0.157. The van der Waals surface area contributed by atoms with Gasteiger partial charge in [0, 0.05) is 19.4 Å². The van der Waals surface area contributed by atoms with Crippen molar-refractivity contribution >= 4 is 5.91 Å². The normalized spacial score (nSPS) is 17.1. The summed E-state index contributed by atoms with van der Waals surface area (Å²) in [6, 6.07) is 12.5. The highest BCUT2D eigenvalue weighted by atomic mass is 16.2. The van der Waals surface area contributed by atoms with Crippen LogP contribution in [-0.2, 0) is 17.6 Å². The predicted octanol–water partition coefficient (Wildman–Crippen LogP) is 3.16. The molecular formula is C18H20N2O. The molecule has 0 N–H and O–H groups in total. The number of hydrogen-bond acceptors (Lipinski definition) is 2. The van der Waals surface area contributed by atoms with E-state index in [0.717, 1.165) is 24.8 Å². The lowest BCUT2D eigenvalue weighted by molar-refractivity contribution is -0.131. The third kappa shape index (κ3) is 2.97. The largest absolute Gasteiger partial charge is 0.338 e. The monoisotopic (exact) mass is 280 g/mol. The summed E-state index contributed by atoms with van der Waals surface area (Å²) in [6.45, 7) is 0. The Bertz CT molecular complexity index is 624. The predicted molar refractivity (Wildman–Crippen MR) is 82.8 cm³/mol. The standard InChI is InChI=1S/C18H20N2O/c1-20(18(21)12-14-6-5-11-19-13-14)17-10-4-8-15-7-2-3-9-16(15)17/h2-3,5-7,9,11,13,17H,4,8,10,12H2,1H3/t17-/m0/s1. The fourth-order valence-corrected chi connectivity index (χ4v) is 3.11. The molecule has 1 heterocycles. The zero-order valence-electron chi connectivity index (χ0n) is 12.3. The van der Waals surface area contributed by atoms with Crippen molar-refractivity contribution in [3.8, 4) is 0 Å². The summed E-state index contributed by atoms with van der Waals surface area (Å²) in [6.07, 6.45) is 7.23. The van der Waals surface area contributed by atoms with Crippen LogP contribution in [0, 0.1) is 0 Å². The van der Waals surface area contributed by atoms with E-state index in [4.69, 9.17) is 0 Å². The molecule has 21 heavy (non-hydrogen) atoms. The number of carbonyl (C=O) groups is 1. The highest BCUT2D eigenvalue weighted by Crippen LogP contribution is 2.33. The van der Waals surface area contributed by atoms with Crippen LogP contribution in [0.1, 0.15) is 35.6 Å². The van der Waals surface area contributed by atoms with Crippen LogP contribution >= 0.6 is 0 Å². The summed E-state index contributed by atoms with van der Waals surface area (Å²) < 4.78 is 0. The second-order valence-electron chi connectivity index (χ2n) is 5.65. The second kappa shape index (κ2) is 6.08. The van der Waals surface area contributed by atoms with E-state index >= 15 is 0 Å². The number of aryl methyl sites for hydroxylation is 1. The Morgan fingerprint density at radius 1 is 1.29 bits per heavy atom. The summed E-state index contributed by atoms with van der Waals surface area (Å²) in [5, 5.41) is 0. The minimum atomic E-state index is 0.157. The average molecular weight is 280 g/mol. The maximum Gasteiger partial charge on any atom is 0.227 e. The highest BCUT2D eigenvalue weighted by Gasteiger charge is 2.26. The fraction of sp³-hybridized carbons (Fsp3) is 0.333. The topological polar surface area (TPSA) is 33.2 Å². The lowest BCUT2D eigenvalue weighted by Crippen LogP contribution is -2.34. The van der Waals surface area contributed by atoms with Crippen LogP contribution in [0.2, 0.25) is 0 Å². The van der Waals surface area contributed by atoms with Crippen molar-refractivity contribution < 1.29 is 4.79 Å². The Hall–Kier alpha value is -2.16. The van der Waals surface area contributed by atoms with Gasteiger partial charge < -0.3 is 4.90 Å². The molecule has 0 saturated heterocycles. The first-order chi connectivity index (χ1) is 10.3. The third-order valence-corrected chi connectivity index (χ3v) is 4.28. The zero-order valence-corrected chi connectivity index (χ0v) is 12.3. The number of pyridine rings is 1. The molecule has 3 heteroatoms. The molecule has 0 fully saturated rings. The van der Waals surface area contributed by atoms with Gasteiger partial charge in [-0.15, -0.1) is 0 Å². The fourth-order valence-electron chi connectivity index (χ4n) is 3.11. The molecule has 1 amide bonds. The van der Waals surface area contributed by atoms with Crippen LogP contribution in [0.4, 0.5) is 0 Å². The number of nitrogens with zero attached hydrogens (tertiary/aromatic N) is 2. The molecule has 0 saturated carbocycles. The van der Waals surface area contributed by atoms with E-state index in [1.165, 1.54) is 11.1 Å². The van der Waals surface area contributed by atoms with Gasteiger partial charge in [-0.25, -0.2) is 0 Å². The molecule has 1 aromatic carbocycles. The van der Waals surface area contributed by atoms with E-state index in [1.807, 2.05) is 24.1 Å². The summed E-state index contributed by atoms with van der Waals surface area (Å²) in [4.78, 5) is 18.5. The lowest BCUT2D eigenvalue weighted by Gasteiger charge is -2.33. The maximum atomic E-state index is 12.5. The number of carbonyl (C=O) groups excluding carboxylic acids is 1. The molecule has 3 nitrogen and oxygen atoms in total. The van der Waals surface area contributed by atoms with Crippen molar-refractivity contribution in [1.29, 1.82) is 0 Å². The quantitative estimate of drug-likeness (QED) is 0.865. The number of amides is 1. The van der Waals surface area contributed by atoms with Crippen LogP contribution in [0.5, 0.6) is 0 Å². The third-order valence-electron chi connectivity index (χ3n) is 4.28. The van der Waals surface area contributed by atoms with Crippen molar-refractivity contribution in [3.05, 3.63) is 65.5 Å². The molecule has 3 rings (SSSR count). The number of aromatic nitrogens is 1. The molecule has 1 aliphatic carbocycles. The van der Waals surface area contributed by atoms with Gasteiger partial charge >= 0.3 is 0 Å². The highest BCUT2D eigenvalue weighted by molar-refractivity contribution is 5.79. The number of rotatable bonds is 3. The molecule has 0 aliphatic heterocycles. The number of fused-ring (bicyclic) bond motifs is 1. The van der Waals surface area contributed by atoms with E-state index in [1.54, 1.807) is 12.4 Å². The van der Waals surface area contributed by atoms with Crippen molar-refractivity contribution in [2.45, 2.75) is 31.7 Å². The number of hydrogen-bond donors (Lipinski definition) is 0. The van der Waals surface area contributed by atoms with Crippen molar-refractivity contribution in [3.63, 3.8) is 0 Å². The van der Waals surface area contributed by atoms with Gasteiger partial charge in [0.05, 0.1) is 12.5 Å². The Kier molecular flexibility index (Phi) is 4.00.